The van der Waals surface area contributed by atoms with Gasteiger partial charge in [0.25, 0.3) is 0 Å². The maximum absolute atomic E-state index is 8.98. The molecule has 0 saturated heterocycles. The zero-order valence-electron chi connectivity index (χ0n) is 4.99. The lowest BCUT2D eigenvalue weighted by Gasteiger charge is -2.00. The smallest absolute Gasteiger partial charge is 0.0748 e. The summed E-state index contributed by atoms with van der Waals surface area (Å²) in [5, 5.41) is 26.2. The maximum atomic E-state index is 8.98. The van der Waals surface area contributed by atoms with Gasteiger partial charge in [0.1, 0.15) is 0 Å². The van der Waals surface area contributed by atoms with Crippen LogP contribution in [-0.4, -0.2) is 22.4 Å². The topological polar surface area (TPSA) is 64.2 Å². The van der Waals surface area contributed by atoms with E-state index in [1.54, 1.807) is 0 Å². The summed E-state index contributed by atoms with van der Waals surface area (Å²) in [5.41, 5.74) is 0. The lowest BCUT2D eigenvalue weighted by molar-refractivity contribution is 0.130. The molecule has 0 aromatic rings. The minimum absolute atomic E-state index is 0.347. The van der Waals surface area contributed by atoms with E-state index in [0.29, 0.717) is 12.8 Å². The first-order chi connectivity index (χ1) is 4.24. The summed E-state index contributed by atoms with van der Waals surface area (Å²) in [6.07, 6.45) is -0.287. The van der Waals surface area contributed by atoms with E-state index in [9.17, 15) is 0 Å². The van der Waals surface area contributed by atoms with Gasteiger partial charge in [-0.3, -0.25) is 0 Å². The standard InChI is InChI=1S/C6H9NO2/c7-3-4-1-5(8)2-6(4)9/h4-6,8-9H,1-2H2. The Morgan fingerprint density at radius 2 is 2.00 bits per heavy atom. The number of rotatable bonds is 0. The highest BCUT2D eigenvalue weighted by atomic mass is 16.3. The summed E-state index contributed by atoms with van der Waals surface area (Å²) in [4.78, 5) is 0. The van der Waals surface area contributed by atoms with Gasteiger partial charge in [0.2, 0.25) is 0 Å². The first-order valence-corrected chi connectivity index (χ1v) is 3.00. The molecular formula is C6H9NO2. The van der Waals surface area contributed by atoms with Crippen molar-refractivity contribution in [3.05, 3.63) is 0 Å². The van der Waals surface area contributed by atoms with Gasteiger partial charge in [0, 0.05) is 6.42 Å². The van der Waals surface area contributed by atoms with Crippen molar-refractivity contribution in [1.82, 2.24) is 0 Å². The first kappa shape index (κ1) is 6.53. The molecule has 1 rings (SSSR count). The van der Waals surface area contributed by atoms with Crippen LogP contribution >= 0.6 is 0 Å². The Morgan fingerprint density at radius 1 is 1.33 bits per heavy atom. The van der Waals surface area contributed by atoms with Crippen LogP contribution in [0.5, 0.6) is 0 Å². The molecule has 2 N–H and O–H groups in total. The molecule has 1 aliphatic carbocycles. The van der Waals surface area contributed by atoms with Crippen molar-refractivity contribution in [2.75, 3.05) is 0 Å². The summed E-state index contributed by atoms with van der Waals surface area (Å²) >= 11 is 0. The van der Waals surface area contributed by atoms with E-state index in [1.807, 2.05) is 6.07 Å². The second-order valence-electron chi connectivity index (χ2n) is 2.43. The number of aliphatic hydroxyl groups is 2. The maximum Gasteiger partial charge on any atom is 0.0748 e. The normalized spacial score (nSPS) is 42.6. The van der Waals surface area contributed by atoms with Crippen LogP contribution in [0.3, 0.4) is 0 Å². The first-order valence-electron chi connectivity index (χ1n) is 3.00. The van der Waals surface area contributed by atoms with E-state index in [2.05, 4.69) is 0 Å². The van der Waals surface area contributed by atoms with Crippen molar-refractivity contribution in [3.63, 3.8) is 0 Å². The van der Waals surface area contributed by atoms with Crippen LogP contribution in [0.25, 0.3) is 0 Å². The molecule has 1 saturated carbocycles. The van der Waals surface area contributed by atoms with E-state index >= 15 is 0 Å². The van der Waals surface area contributed by atoms with Gasteiger partial charge in [0.05, 0.1) is 24.2 Å². The molecule has 0 radical (unpaired) electrons. The van der Waals surface area contributed by atoms with E-state index < -0.39 is 12.2 Å². The second-order valence-corrected chi connectivity index (χ2v) is 2.43. The largest absolute Gasteiger partial charge is 0.393 e. The zero-order valence-corrected chi connectivity index (χ0v) is 4.99. The molecule has 3 atom stereocenters. The van der Waals surface area contributed by atoms with Gasteiger partial charge in [-0.1, -0.05) is 0 Å². The molecule has 0 amide bonds. The number of aliphatic hydroxyl groups excluding tert-OH is 2. The van der Waals surface area contributed by atoms with Gasteiger partial charge in [-0.25, -0.2) is 0 Å². The molecule has 1 aliphatic rings. The Morgan fingerprint density at radius 3 is 2.22 bits per heavy atom. The summed E-state index contributed by atoms with van der Waals surface area (Å²) < 4.78 is 0. The molecule has 0 aliphatic heterocycles. The van der Waals surface area contributed by atoms with Crippen LogP contribution in [-0.2, 0) is 0 Å². The van der Waals surface area contributed by atoms with Gasteiger partial charge in [-0.05, 0) is 6.42 Å². The molecule has 9 heavy (non-hydrogen) atoms. The van der Waals surface area contributed by atoms with Crippen molar-refractivity contribution >= 4 is 0 Å². The molecule has 0 aromatic heterocycles. The molecule has 0 spiro atoms. The van der Waals surface area contributed by atoms with Gasteiger partial charge in [-0.2, -0.15) is 5.26 Å². The van der Waals surface area contributed by atoms with Crippen molar-refractivity contribution in [1.29, 1.82) is 5.26 Å². The van der Waals surface area contributed by atoms with Crippen LogP contribution in [0.4, 0.5) is 0 Å². The monoisotopic (exact) mass is 127 g/mol. The molecule has 1 fully saturated rings. The van der Waals surface area contributed by atoms with E-state index in [4.69, 9.17) is 15.5 Å². The third-order valence-corrected chi connectivity index (χ3v) is 1.67. The van der Waals surface area contributed by atoms with Crippen molar-refractivity contribution in [2.24, 2.45) is 5.92 Å². The Balaban J connectivity index is 2.50. The molecule has 50 valence electrons. The van der Waals surface area contributed by atoms with E-state index in [-0.39, 0.29) is 5.92 Å². The summed E-state index contributed by atoms with van der Waals surface area (Å²) in [6, 6.07) is 1.93. The van der Waals surface area contributed by atoms with Gasteiger partial charge < -0.3 is 10.2 Å². The van der Waals surface area contributed by atoms with Gasteiger partial charge in [0.15, 0.2) is 0 Å². The Bertz CT molecular complexity index is 140. The molecule has 0 bridgehead atoms. The lowest BCUT2D eigenvalue weighted by atomic mass is 10.1. The fraction of sp³-hybridized carbons (Fsp3) is 0.833. The third kappa shape index (κ3) is 1.21. The molecule has 3 heteroatoms. The van der Waals surface area contributed by atoms with E-state index in [1.165, 1.54) is 0 Å². The highest BCUT2D eigenvalue weighted by Gasteiger charge is 2.31. The fourth-order valence-corrected chi connectivity index (χ4v) is 1.13. The zero-order chi connectivity index (χ0) is 6.85. The van der Waals surface area contributed by atoms with Crippen LogP contribution in [0.2, 0.25) is 0 Å². The molecule has 3 unspecified atom stereocenters. The molecule has 0 heterocycles. The van der Waals surface area contributed by atoms with Gasteiger partial charge >= 0.3 is 0 Å². The third-order valence-electron chi connectivity index (χ3n) is 1.67. The van der Waals surface area contributed by atoms with Crippen LogP contribution in [0.1, 0.15) is 12.8 Å². The Hall–Kier alpha value is -0.590. The minimum atomic E-state index is -0.606. The predicted octanol–water partition coefficient (Wildman–Crippen LogP) is -0.358. The summed E-state index contributed by atoms with van der Waals surface area (Å²) in [7, 11) is 0. The lowest BCUT2D eigenvalue weighted by Crippen LogP contribution is -2.10. The van der Waals surface area contributed by atoms with Crippen LogP contribution in [0, 0.1) is 17.2 Å². The number of nitriles is 1. The average Bonchev–Trinajstić information content (AvgIpc) is 2.10. The van der Waals surface area contributed by atoms with E-state index in [0.717, 1.165) is 0 Å². The molecule has 3 nitrogen and oxygen atoms in total. The van der Waals surface area contributed by atoms with Crippen LogP contribution in [0.15, 0.2) is 0 Å². The fourth-order valence-electron chi connectivity index (χ4n) is 1.13. The molecular weight excluding hydrogens is 118 g/mol. The quantitative estimate of drug-likeness (QED) is 0.467. The predicted molar refractivity (Wildman–Crippen MR) is 30.4 cm³/mol. The number of hydrogen-bond donors (Lipinski definition) is 2. The van der Waals surface area contributed by atoms with Crippen molar-refractivity contribution in [3.8, 4) is 6.07 Å². The second kappa shape index (κ2) is 2.34. The van der Waals surface area contributed by atoms with Crippen molar-refractivity contribution in [2.45, 2.75) is 25.0 Å². The highest BCUT2D eigenvalue weighted by molar-refractivity contribution is 4.95. The SMILES string of the molecule is N#CC1CC(O)CC1O. The Labute approximate surface area is 53.5 Å². The van der Waals surface area contributed by atoms with Gasteiger partial charge in [-0.15, -0.1) is 0 Å². The number of nitrogens with zero attached hydrogens (tertiary/aromatic N) is 1. The average molecular weight is 127 g/mol. The molecule has 0 aromatic carbocycles. The minimum Gasteiger partial charge on any atom is -0.393 e. The van der Waals surface area contributed by atoms with Crippen molar-refractivity contribution < 1.29 is 10.2 Å². The summed E-state index contributed by atoms with van der Waals surface area (Å²) in [5.74, 6) is -0.347. The highest BCUT2D eigenvalue weighted by Crippen LogP contribution is 2.24. The number of hydrogen-bond acceptors (Lipinski definition) is 3. The summed E-state index contributed by atoms with van der Waals surface area (Å²) in [6.45, 7) is 0. The van der Waals surface area contributed by atoms with Crippen LogP contribution < -0.4 is 0 Å². The Kier molecular flexibility index (Phi) is 1.70.